The van der Waals surface area contributed by atoms with Gasteiger partial charge in [0.05, 0.1) is 5.41 Å². The van der Waals surface area contributed by atoms with Gasteiger partial charge in [-0.1, -0.05) is 18.5 Å². The Kier molecular flexibility index (Phi) is 2.84. The molecule has 1 aromatic heterocycles. The highest BCUT2D eigenvalue weighted by molar-refractivity contribution is 6.32. The molecule has 1 N–H and O–H groups in total. The summed E-state index contributed by atoms with van der Waals surface area (Å²) in [6.07, 6.45) is 10.1. The number of nitrogens with one attached hydrogen (secondary N) is 1. The molecule has 112 valence electrons. The molecule has 0 radical (unpaired) electrons. The first-order chi connectivity index (χ1) is 9.98. The Morgan fingerprint density at radius 3 is 2.52 bits per heavy atom. The molecule has 4 nitrogen and oxygen atoms in total. The van der Waals surface area contributed by atoms with Gasteiger partial charge >= 0.3 is 0 Å². The first-order valence-electron chi connectivity index (χ1n) is 7.76. The van der Waals surface area contributed by atoms with Gasteiger partial charge in [0, 0.05) is 12.4 Å². The van der Waals surface area contributed by atoms with Gasteiger partial charge in [0.1, 0.15) is 0 Å². The monoisotopic (exact) mass is 305 g/mol. The zero-order valence-corrected chi connectivity index (χ0v) is 13.0. The van der Waals surface area contributed by atoms with Crippen LogP contribution >= 0.6 is 11.6 Å². The largest absolute Gasteiger partial charge is 0.308 e. The van der Waals surface area contributed by atoms with Crippen molar-refractivity contribution in [1.29, 1.82) is 0 Å². The van der Waals surface area contributed by atoms with Gasteiger partial charge < -0.3 is 5.32 Å². The summed E-state index contributed by atoms with van der Waals surface area (Å²) in [7, 11) is 0. The molecule has 0 saturated heterocycles. The maximum absolute atomic E-state index is 12.9. The maximum atomic E-state index is 12.9. The normalized spacial score (nSPS) is 40.3. The number of carbonyl (C=O) groups is 1. The predicted octanol–water partition coefficient (Wildman–Crippen LogP) is 3.68. The molecule has 2 atom stereocenters. The van der Waals surface area contributed by atoms with Crippen LogP contribution in [-0.2, 0) is 4.79 Å². The number of hydrogen-bond donors (Lipinski definition) is 1. The number of anilines is 1. The maximum Gasteiger partial charge on any atom is 0.231 e. The van der Waals surface area contributed by atoms with Crippen LogP contribution in [0, 0.1) is 22.7 Å². The minimum Gasteiger partial charge on any atom is -0.308 e. The van der Waals surface area contributed by atoms with E-state index in [4.69, 9.17) is 11.6 Å². The van der Waals surface area contributed by atoms with Crippen LogP contribution < -0.4 is 5.32 Å². The lowest BCUT2D eigenvalue weighted by molar-refractivity contribution is -0.149. The van der Waals surface area contributed by atoms with Gasteiger partial charge in [-0.3, -0.25) is 4.79 Å². The predicted molar refractivity (Wildman–Crippen MR) is 80.9 cm³/mol. The van der Waals surface area contributed by atoms with E-state index < -0.39 is 0 Å². The first-order valence-corrected chi connectivity index (χ1v) is 8.14. The average molecular weight is 306 g/mol. The number of amides is 1. The first kappa shape index (κ1) is 13.5. The summed E-state index contributed by atoms with van der Waals surface area (Å²) in [4.78, 5) is 21.0. The summed E-state index contributed by atoms with van der Waals surface area (Å²) in [5.41, 5.74) is 0.146. The fourth-order valence-electron chi connectivity index (χ4n) is 5.63. The second-order valence-corrected chi connectivity index (χ2v) is 8.06. The Hall–Kier alpha value is -1.16. The molecular formula is C16H20ClN3O. The van der Waals surface area contributed by atoms with E-state index in [0.717, 1.165) is 31.1 Å². The summed E-state index contributed by atoms with van der Waals surface area (Å²) in [5, 5.41) is 3.21. The van der Waals surface area contributed by atoms with Crippen LogP contribution in [0.3, 0.4) is 0 Å². The molecule has 4 bridgehead atoms. The number of halogens is 1. The van der Waals surface area contributed by atoms with E-state index in [1.54, 1.807) is 6.20 Å². The lowest BCUT2D eigenvalue weighted by Crippen LogP contribution is -2.55. The van der Waals surface area contributed by atoms with Crippen LogP contribution in [0.2, 0.25) is 5.15 Å². The molecule has 4 aliphatic carbocycles. The number of nitrogens with zero attached hydrogens (tertiary/aromatic N) is 2. The zero-order chi connectivity index (χ0) is 14.7. The van der Waals surface area contributed by atoms with Gasteiger partial charge in [-0.05, 0) is 55.8 Å². The molecule has 5 heteroatoms. The quantitative estimate of drug-likeness (QED) is 0.907. The van der Waals surface area contributed by atoms with E-state index >= 15 is 0 Å². The van der Waals surface area contributed by atoms with Crippen molar-refractivity contribution in [3.8, 4) is 0 Å². The molecule has 0 aliphatic heterocycles. The Bertz CT molecular complexity index is 589. The van der Waals surface area contributed by atoms with Crippen LogP contribution in [-0.4, -0.2) is 15.9 Å². The Morgan fingerprint density at radius 1 is 1.24 bits per heavy atom. The third-order valence-electron chi connectivity index (χ3n) is 5.72. The number of hydrogen-bond acceptors (Lipinski definition) is 3. The second-order valence-electron chi connectivity index (χ2n) is 7.70. The molecular weight excluding hydrogens is 286 g/mol. The molecule has 5 rings (SSSR count). The van der Waals surface area contributed by atoms with E-state index in [9.17, 15) is 4.79 Å². The van der Waals surface area contributed by atoms with E-state index in [0.29, 0.717) is 11.2 Å². The van der Waals surface area contributed by atoms with Gasteiger partial charge in [-0.2, -0.15) is 0 Å². The Morgan fingerprint density at radius 2 is 1.90 bits per heavy atom. The SMILES string of the molecule is CC12CC3CC(C1)CC(C(=O)Nc1nccnc1Cl)(C3)C2. The standard InChI is InChI=1S/C16H20ClN3O/c1-15-5-10-4-11(6-15)8-16(7-10,9-15)14(21)20-13-12(17)18-2-3-19-13/h2-3,10-11H,4-9H2,1H3,(H,19,20,21). The van der Waals surface area contributed by atoms with Crippen molar-refractivity contribution >= 4 is 23.3 Å². The molecule has 2 unspecified atom stereocenters. The molecule has 21 heavy (non-hydrogen) atoms. The van der Waals surface area contributed by atoms with Gasteiger partial charge in [0.15, 0.2) is 11.0 Å². The summed E-state index contributed by atoms with van der Waals surface area (Å²) in [6.45, 7) is 2.36. The number of rotatable bonds is 2. The number of aromatic nitrogens is 2. The topological polar surface area (TPSA) is 54.9 Å². The highest BCUT2D eigenvalue weighted by Crippen LogP contribution is 2.65. The summed E-state index contributed by atoms with van der Waals surface area (Å²) in [6, 6.07) is 0. The molecule has 4 fully saturated rings. The number of carbonyl (C=O) groups excluding carboxylic acids is 1. The van der Waals surface area contributed by atoms with Crippen LogP contribution in [0.1, 0.15) is 45.4 Å². The lowest BCUT2D eigenvalue weighted by Gasteiger charge is -2.60. The molecule has 1 amide bonds. The van der Waals surface area contributed by atoms with Crippen molar-refractivity contribution in [2.45, 2.75) is 45.4 Å². The van der Waals surface area contributed by atoms with Crippen molar-refractivity contribution in [3.63, 3.8) is 0 Å². The van der Waals surface area contributed by atoms with Crippen LogP contribution in [0.5, 0.6) is 0 Å². The van der Waals surface area contributed by atoms with Gasteiger partial charge in [-0.25, -0.2) is 9.97 Å². The van der Waals surface area contributed by atoms with Crippen LogP contribution in [0.4, 0.5) is 5.82 Å². The summed E-state index contributed by atoms with van der Waals surface area (Å²) < 4.78 is 0. The molecule has 1 aromatic rings. The minimum atomic E-state index is -0.209. The van der Waals surface area contributed by atoms with Gasteiger partial charge in [0.25, 0.3) is 0 Å². The van der Waals surface area contributed by atoms with Crippen molar-refractivity contribution in [2.24, 2.45) is 22.7 Å². The van der Waals surface area contributed by atoms with E-state index in [2.05, 4.69) is 22.2 Å². The Balaban J connectivity index is 1.61. The average Bonchev–Trinajstić information content (AvgIpc) is 2.38. The summed E-state index contributed by atoms with van der Waals surface area (Å²) in [5.74, 6) is 1.94. The van der Waals surface area contributed by atoms with E-state index in [-0.39, 0.29) is 16.5 Å². The summed E-state index contributed by atoms with van der Waals surface area (Å²) >= 11 is 6.01. The smallest absolute Gasteiger partial charge is 0.231 e. The second kappa shape index (κ2) is 4.42. The highest BCUT2D eigenvalue weighted by Gasteiger charge is 2.58. The van der Waals surface area contributed by atoms with Crippen LogP contribution in [0.15, 0.2) is 12.4 Å². The molecule has 4 saturated carbocycles. The van der Waals surface area contributed by atoms with Crippen molar-refractivity contribution < 1.29 is 4.79 Å². The van der Waals surface area contributed by atoms with Crippen molar-refractivity contribution in [3.05, 3.63) is 17.5 Å². The minimum absolute atomic E-state index is 0.102. The highest BCUT2D eigenvalue weighted by atomic mass is 35.5. The van der Waals surface area contributed by atoms with Crippen LogP contribution in [0.25, 0.3) is 0 Å². The van der Waals surface area contributed by atoms with Gasteiger partial charge in [-0.15, -0.1) is 0 Å². The van der Waals surface area contributed by atoms with E-state index in [1.165, 1.54) is 25.5 Å². The Labute approximate surface area is 129 Å². The molecule has 0 spiro atoms. The van der Waals surface area contributed by atoms with Gasteiger partial charge in [0.2, 0.25) is 5.91 Å². The zero-order valence-electron chi connectivity index (χ0n) is 12.2. The van der Waals surface area contributed by atoms with Crippen molar-refractivity contribution in [1.82, 2.24) is 9.97 Å². The third-order valence-corrected chi connectivity index (χ3v) is 6.00. The lowest BCUT2D eigenvalue weighted by atomic mass is 9.44. The molecule has 0 aromatic carbocycles. The fraction of sp³-hybridized carbons (Fsp3) is 0.688. The van der Waals surface area contributed by atoms with E-state index in [1.807, 2.05) is 0 Å². The fourth-order valence-corrected chi connectivity index (χ4v) is 5.78. The molecule has 1 heterocycles. The molecule has 4 aliphatic rings. The van der Waals surface area contributed by atoms with Crippen molar-refractivity contribution in [2.75, 3.05) is 5.32 Å². The third kappa shape index (κ3) is 2.15.